The maximum Gasteiger partial charge on any atom is 0.263 e. The van der Waals surface area contributed by atoms with Crippen molar-refractivity contribution in [3.63, 3.8) is 0 Å². The molecule has 106 valence electrons. The van der Waals surface area contributed by atoms with Crippen LogP contribution in [0.1, 0.15) is 40.5 Å². The van der Waals surface area contributed by atoms with Crippen LogP contribution >= 0.6 is 0 Å². The normalized spacial score (nSPS) is 13.6. The lowest BCUT2D eigenvalue weighted by Crippen LogP contribution is -2.34. The van der Waals surface area contributed by atoms with E-state index < -0.39 is 5.91 Å². The third kappa shape index (κ3) is 2.49. The summed E-state index contributed by atoms with van der Waals surface area (Å²) in [7, 11) is 0. The molecule has 3 amide bonds. The van der Waals surface area contributed by atoms with Crippen molar-refractivity contribution in [2.24, 2.45) is 0 Å². The highest BCUT2D eigenvalue weighted by Crippen LogP contribution is 2.27. The van der Waals surface area contributed by atoms with E-state index >= 15 is 0 Å². The topological polar surface area (TPSA) is 92.5 Å². The van der Waals surface area contributed by atoms with Gasteiger partial charge in [-0.2, -0.15) is 0 Å². The van der Waals surface area contributed by atoms with Crippen molar-refractivity contribution in [3.8, 4) is 0 Å². The van der Waals surface area contributed by atoms with E-state index in [0.29, 0.717) is 17.8 Å². The molecule has 0 saturated carbocycles. The number of anilines is 1. The second-order valence-electron chi connectivity index (χ2n) is 4.63. The zero-order valence-electron chi connectivity index (χ0n) is 11.3. The second kappa shape index (κ2) is 5.73. The van der Waals surface area contributed by atoms with Crippen molar-refractivity contribution in [2.75, 3.05) is 18.8 Å². The van der Waals surface area contributed by atoms with Crippen LogP contribution in [-0.4, -0.2) is 35.7 Å². The molecule has 1 aromatic rings. The second-order valence-corrected chi connectivity index (χ2v) is 4.63. The van der Waals surface area contributed by atoms with Crippen molar-refractivity contribution in [2.45, 2.75) is 19.8 Å². The SMILES string of the molecule is CCCNC(=O)CCN1C(=O)c2cccc(N)c2C1=O. The largest absolute Gasteiger partial charge is 0.398 e. The molecule has 0 fully saturated rings. The molecule has 6 nitrogen and oxygen atoms in total. The molecule has 6 heteroatoms. The number of fused-ring (bicyclic) bond motifs is 1. The molecular formula is C14H17N3O3. The van der Waals surface area contributed by atoms with Gasteiger partial charge in [0.15, 0.2) is 0 Å². The monoisotopic (exact) mass is 275 g/mol. The summed E-state index contributed by atoms with van der Waals surface area (Å²) < 4.78 is 0. The van der Waals surface area contributed by atoms with Crippen LogP contribution < -0.4 is 11.1 Å². The lowest BCUT2D eigenvalue weighted by atomic mass is 10.1. The molecule has 0 atom stereocenters. The molecule has 2 rings (SSSR count). The van der Waals surface area contributed by atoms with Gasteiger partial charge in [0.2, 0.25) is 5.91 Å². The molecule has 20 heavy (non-hydrogen) atoms. The summed E-state index contributed by atoms with van der Waals surface area (Å²) in [6.07, 6.45) is 0.945. The van der Waals surface area contributed by atoms with E-state index in [-0.39, 0.29) is 30.3 Å². The first-order valence-corrected chi connectivity index (χ1v) is 6.57. The van der Waals surface area contributed by atoms with Crippen LogP contribution in [0.25, 0.3) is 0 Å². The molecular weight excluding hydrogens is 258 g/mol. The number of benzene rings is 1. The Morgan fingerprint density at radius 2 is 2.05 bits per heavy atom. The minimum absolute atomic E-state index is 0.0708. The molecule has 1 aliphatic rings. The number of hydrogen-bond acceptors (Lipinski definition) is 4. The van der Waals surface area contributed by atoms with Crippen LogP contribution in [0.4, 0.5) is 5.69 Å². The summed E-state index contributed by atoms with van der Waals surface area (Å²) in [4.78, 5) is 36.9. The number of nitrogens with two attached hydrogens (primary N) is 1. The molecule has 0 radical (unpaired) electrons. The fraction of sp³-hybridized carbons (Fsp3) is 0.357. The average Bonchev–Trinajstić information content (AvgIpc) is 2.67. The van der Waals surface area contributed by atoms with Crippen LogP contribution in [-0.2, 0) is 4.79 Å². The van der Waals surface area contributed by atoms with E-state index in [1.165, 1.54) is 0 Å². The molecule has 3 N–H and O–H groups in total. The van der Waals surface area contributed by atoms with E-state index in [4.69, 9.17) is 5.73 Å². The molecule has 0 aromatic heterocycles. The van der Waals surface area contributed by atoms with Gasteiger partial charge in [0.25, 0.3) is 11.8 Å². The summed E-state index contributed by atoms with van der Waals surface area (Å²) in [6.45, 7) is 2.61. The first-order chi connectivity index (χ1) is 9.56. The standard InChI is InChI=1S/C14H17N3O3/c1-2-7-16-11(18)6-8-17-13(19)9-4-3-5-10(15)12(9)14(17)20/h3-5H,2,6-8,15H2,1H3,(H,16,18). The Hall–Kier alpha value is -2.37. The van der Waals surface area contributed by atoms with Crippen LogP contribution in [0, 0.1) is 0 Å². The van der Waals surface area contributed by atoms with Crippen molar-refractivity contribution in [1.29, 1.82) is 0 Å². The number of nitrogens with one attached hydrogen (secondary N) is 1. The van der Waals surface area contributed by atoms with Gasteiger partial charge >= 0.3 is 0 Å². The van der Waals surface area contributed by atoms with Gasteiger partial charge in [-0.05, 0) is 18.6 Å². The van der Waals surface area contributed by atoms with Gasteiger partial charge in [-0.15, -0.1) is 0 Å². The number of rotatable bonds is 5. The van der Waals surface area contributed by atoms with Crippen LogP contribution in [0.15, 0.2) is 18.2 Å². The Morgan fingerprint density at radius 1 is 1.30 bits per heavy atom. The quantitative estimate of drug-likeness (QED) is 0.613. The van der Waals surface area contributed by atoms with E-state index in [1.807, 2.05) is 6.92 Å². The number of nitrogens with zero attached hydrogens (tertiary/aromatic N) is 1. The maximum atomic E-state index is 12.1. The predicted octanol–water partition coefficient (Wildman–Crippen LogP) is 0.781. The number of hydrogen-bond donors (Lipinski definition) is 2. The summed E-state index contributed by atoms with van der Waals surface area (Å²) in [5.74, 6) is -0.983. The summed E-state index contributed by atoms with van der Waals surface area (Å²) in [5, 5.41) is 2.71. The molecule has 0 bridgehead atoms. The number of carbonyl (C=O) groups excluding carboxylic acids is 3. The zero-order valence-corrected chi connectivity index (χ0v) is 11.3. The molecule has 1 aliphatic heterocycles. The summed E-state index contributed by atoms with van der Waals surface area (Å²) in [5.41, 5.74) is 6.57. The predicted molar refractivity (Wildman–Crippen MR) is 74.1 cm³/mol. The van der Waals surface area contributed by atoms with Crippen molar-refractivity contribution >= 4 is 23.4 Å². The Balaban J connectivity index is 2.06. The number of nitrogen functional groups attached to an aromatic ring is 1. The van der Waals surface area contributed by atoms with Gasteiger partial charge in [-0.1, -0.05) is 13.0 Å². The van der Waals surface area contributed by atoms with E-state index in [9.17, 15) is 14.4 Å². The third-order valence-electron chi connectivity index (χ3n) is 3.17. The van der Waals surface area contributed by atoms with E-state index in [2.05, 4.69) is 5.32 Å². The highest BCUT2D eigenvalue weighted by Gasteiger charge is 2.36. The average molecular weight is 275 g/mol. The van der Waals surface area contributed by atoms with Crippen LogP contribution in [0.3, 0.4) is 0 Å². The minimum Gasteiger partial charge on any atom is -0.398 e. The molecule has 0 unspecified atom stereocenters. The Kier molecular flexibility index (Phi) is 4.02. The number of amides is 3. The minimum atomic E-state index is -0.425. The highest BCUT2D eigenvalue weighted by atomic mass is 16.2. The van der Waals surface area contributed by atoms with E-state index in [0.717, 1.165) is 11.3 Å². The van der Waals surface area contributed by atoms with Gasteiger partial charge in [0.05, 0.1) is 11.1 Å². The molecule has 0 spiro atoms. The lowest BCUT2D eigenvalue weighted by Gasteiger charge is -2.13. The van der Waals surface area contributed by atoms with Crippen molar-refractivity contribution in [1.82, 2.24) is 10.2 Å². The van der Waals surface area contributed by atoms with Gasteiger partial charge < -0.3 is 11.1 Å². The fourth-order valence-electron chi connectivity index (χ4n) is 2.13. The third-order valence-corrected chi connectivity index (χ3v) is 3.17. The molecule has 1 heterocycles. The smallest absolute Gasteiger partial charge is 0.263 e. The van der Waals surface area contributed by atoms with E-state index in [1.54, 1.807) is 18.2 Å². The molecule has 0 saturated heterocycles. The number of carbonyl (C=O) groups is 3. The summed E-state index contributed by atoms with van der Waals surface area (Å²) >= 11 is 0. The summed E-state index contributed by atoms with van der Waals surface area (Å²) in [6, 6.07) is 4.79. The molecule has 1 aromatic carbocycles. The Morgan fingerprint density at radius 3 is 2.70 bits per heavy atom. The zero-order chi connectivity index (χ0) is 14.7. The Labute approximate surface area is 116 Å². The van der Waals surface area contributed by atoms with Gasteiger partial charge in [0.1, 0.15) is 0 Å². The highest BCUT2D eigenvalue weighted by molar-refractivity contribution is 6.23. The van der Waals surface area contributed by atoms with Gasteiger partial charge in [-0.25, -0.2) is 0 Å². The van der Waals surface area contributed by atoms with Crippen molar-refractivity contribution < 1.29 is 14.4 Å². The van der Waals surface area contributed by atoms with Crippen LogP contribution in [0.5, 0.6) is 0 Å². The van der Waals surface area contributed by atoms with Gasteiger partial charge in [-0.3, -0.25) is 19.3 Å². The lowest BCUT2D eigenvalue weighted by molar-refractivity contribution is -0.121. The molecule has 0 aliphatic carbocycles. The van der Waals surface area contributed by atoms with Gasteiger partial charge in [0, 0.05) is 25.2 Å². The number of imide groups is 1. The first-order valence-electron chi connectivity index (χ1n) is 6.57. The Bertz CT molecular complexity index is 569. The van der Waals surface area contributed by atoms with Crippen LogP contribution in [0.2, 0.25) is 0 Å². The fourth-order valence-corrected chi connectivity index (χ4v) is 2.13. The first kappa shape index (κ1) is 14.0. The van der Waals surface area contributed by atoms with Crippen molar-refractivity contribution in [3.05, 3.63) is 29.3 Å². The maximum absolute atomic E-state index is 12.1.